The van der Waals surface area contributed by atoms with Gasteiger partial charge in [0, 0.05) is 35.4 Å². The molecule has 0 saturated carbocycles. The van der Waals surface area contributed by atoms with E-state index in [2.05, 4.69) is 15.6 Å². The highest BCUT2D eigenvalue weighted by Crippen LogP contribution is 1.95. The van der Waals surface area contributed by atoms with Crippen molar-refractivity contribution in [2.45, 2.75) is 19.5 Å². The predicted octanol–water partition coefficient (Wildman–Crippen LogP) is -1.27. The van der Waals surface area contributed by atoms with Crippen LogP contribution in [-0.4, -0.2) is 49.7 Å². The topological polar surface area (TPSA) is 103 Å². The number of rotatable bonds is 6. The molecule has 0 fully saturated rings. The van der Waals surface area contributed by atoms with E-state index in [0.29, 0.717) is 18.8 Å². The van der Waals surface area contributed by atoms with Crippen molar-refractivity contribution in [1.29, 1.82) is 0 Å². The Morgan fingerprint density at radius 1 is 1.71 bits per heavy atom. The Hall–Kier alpha value is -1.28. The molecule has 0 spiro atoms. The van der Waals surface area contributed by atoms with Crippen LogP contribution < -0.4 is 11.1 Å². The van der Waals surface area contributed by atoms with Crippen molar-refractivity contribution in [3.63, 3.8) is 0 Å². The minimum absolute atomic E-state index is 0.159. The molecule has 3 N–H and O–H groups in total. The maximum atomic E-state index is 11.7. The van der Waals surface area contributed by atoms with Crippen LogP contribution in [0.5, 0.6) is 0 Å². The van der Waals surface area contributed by atoms with Crippen molar-refractivity contribution in [3.05, 3.63) is 11.9 Å². The van der Waals surface area contributed by atoms with Crippen LogP contribution in [0.1, 0.15) is 17.4 Å². The molecule has 2 atom stereocenters. The Kier molecular flexibility index (Phi) is 5.23. The van der Waals surface area contributed by atoms with Crippen molar-refractivity contribution < 1.29 is 9.00 Å². The number of hydrogen-bond donors (Lipinski definition) is 2. The van der Waals surface area contributed by atoms with Gasteiger partial charge in [-0.3, -0.25) is 13.7 Å². The SMILES string of the molecule is CC(CS(C)=O)NC(=O)c1cn(CCN)nn1. The Morgan fingerprint density at radius 2 is 2.41 bits per heavy atom. The van der Waals surface area contributed by atoms with Gasteiger partial charge in [-0.25, -0.2) is 0 Å². The van der Waals surface area contributed by atoms with Gasteiger partial charge < -0.3 is 11.1 Å². The van der Waals surface area contributed by atoms with E-state index in [1.165, 1.54) is 10.9 Å². The van der Waals surface area contributed by atoms with Crippen LogP contribution in [0, 0.1) is 0 Å². The average molecular weight is 259 g/mol. The Bertz CT molecular complexity index is 406. The second kappa shape index (κ2) is 6.45. The molecule has 0 saturated heterocycles. The summed E-state index contributed by atoms with van der Waals surface area (Å²) in [7, 11) is -0.939. The lowest BCUT2D eigenvalue weighted by Crippen LogP contribution is -2.36. The summed E-state index contributed by atoms with van der Waals surface area (Å²) in [5.74, 6) is 0.106. The third kappa shape index (κ3) is 4.61. The molecule has 1 aromatic heterocycles. The van der Waals surface area contributed by atoms with Gasteiger partial charge in [-0.2, -0.15) is 0 Å². The van der Waals surface area contributed by atoms with Crippen LogP contribution in [0.15, 0.2) is 6.20 Å². The highest BCUT2D eigenvalue weighted by molar-refractivity contribution is 7.84. The van der Waals surface area contributed by atoms with Crippen molar-refractivity contribution in [2.75, 3.05) is 18.6 Å². The van der Waals surface area contributed by atoms with E-state index in [9.17, 15) is 9.00 Å². The van der Waals surface area contributed by atoms with Gasteiger partial charge in [0.05, 0.1) is 12.7 Å². The normalized spacial score (nSPS) is 14.3. The molecule has 0 aliphatic carbocycles. The first-order valence-electron chi connectivity index (χ1n) is 5.24. The van der Waals surface area contributed by atoms with Gasteiger partial charge in [-0.1, -0.05) is 5.21 Å². The molecule has 0 aromatic carbocycles. The fourth-order valence-electron chi connectivity index (χ4n) is 1.34. The molecule has 1 heterocycles. The third-order valence-electron chi connectivity index (χ3n) is 1.99. The summed E-state index contributed by atoms with van der Waals surface area (Å²) in [6.07, 6.45) is 3.14. The van der Waals surface area contributed by atoms with Crippen LogP contribution in [0.25, 0.3) is 0 Å². The van der Waals surface area contributed by atoms with Crippen LogP contribution in [0.4, 0.5) is 0 Å². The standard InChI is InChI=1S/C9H17N5O2S/c1-7(6-17(2)16)11-9(15)8-5-14(4-3-10)13-12-8/h5,7H,3-4,6,10H2,1-2H3,(H,11,15). The summed E-state index contributed by atoms with van der Waals surface area (Å²) in [6.45, 7) is 2.76. The molecular formula is C9H17N5O2S. The van der Waals surface area contributed by atoms with Crippen molar-refractivity contribution in [2.24, 2.45) is 5.73 Å². The van der Waals surface area contributed by atoms with E-state index >= 15 is 0 Å². The van der Waals surface area contributed by atoms with Crippen LogP contribution >= 0.6 is 0 Å². The summed E-state index contributed by atoms with van der Waals surface area (Å²) < 4.78 is 12.5. The first-order valence-corrected chi connectivity index (χ1v) is 6.96. The minimum Gasteiger partial charge on any atom is -0.347 e. The minimum atomic E-state index is -0.939. The van der Waals surface area contributed by atoms with Gasteiger partial charge in [0.25, 0.3) is 5.91 Å². The lowest BCUT2D eigenvalue weighted by molar-refractivity contribution is 0.0938. The zero-order valence-corrected chi connectivity index (χ0v) is 10.7. The number of carbonyl (C=O) groups is 1. The van der Waals surface area contributed by atoms with E-state index in [1.54, 1.807) is 13.2 Å². The van der Waals surface area contributed by atoms with Gasteiger partial charge in [0.1, 0.15) is 0 Å². The number of nitrogens with zero attached hydrogens (tertiary/aromatic N) is 3. The van der Waals surface area contributed by atoms with E-state index in [1.807, 2.05) is 0 Å². The van der Waals surface area contributed by atoms with Crippen LogP contribution in [0.3, 0.4) is 0 Å². The third-order valence-corrected chi connectivity index (χ3v) is 2.96. The lowest BCUT2D eigenvalue weighted by Gasteiger charge is -2.10. The first kappa shape index (κ1) is 13.8. The van der Waals surface area contributed by atoms with E-state index in [0.717, 1.165) is 0 Å². The summed E-state index contributed by atoms with van der Waals surface area (Å²) in [5, 5.41) is 10.2. The maximum Gasteiger partial charge on any atom is 0.273 e. The number of amides is 1. The summed E-state index contributed by atoms with van der Waals surface area (Å²) in [4.78, 5) is 11.7. The molecule has 0 aliphatic rings. The highest BCUT2D eigenvalue weighted by atomic mass is 32.2. The quantitative estimate of drug-likeness (QED) is 0.663. The van der Waals surface area contributed by atoms with Gasteiger partial charge in [-0.15, -0.1) is 5.10 Å². The molecule has 7 nitrogen and oxygen atoms in total. The van der Waals surface area contributed by atoms with E-state index < -0.39 is 10.8 Å². The second-order valence-electron chi connectivity index (χ2n) is 3.77. The van der Waals surface area contributed by atoms with E-state index in [-0.39, 0.29) is 17.6 Å². The second-order valence-corrected chi connectivity index (χ2v) is 5.25. The van der Waals surface area contributed by atoms with Gasteiger partial charge in [0.15, 0.2) is 5.69 Å². The average Bonchev–Trinajstić information content (AvgIpc) is 2.65. The lowest BCUT2D eigenvalue weighted by atomic mass is 10.3. The summed E-state index contributed by atoms with van der Waals surface area (Å²) >= 11 is 0. The smallest absolute Gasteiger partial charge is 0.273 e. The van der Waals surface area contributed by atoms with Crippen molar-refractivity contribution in [3.8, 4) is 0 Å². The molecular weight excluding hydrogens is 242 g/mol. The Labute approximate surface area is 102 Å². The monoisotopic (exact) mass is 259 g/mol. The zero-order valence-electron chi connectivity index (χ0n) is 9.92. The number of nitrogens with two attached hydrogens (primary N) is 1. The molecule has 17 heavy (non-hydrogen) atoms. The first-order chi connectivity index (χ1) is 8.02. The number of nitrogens with one attached hydrogen (secondary N) is 1. The molecule has 0 bridgehead atoms. The predicted molar refractivity (Wildman–Crippen MR) is 64.9 cm³/mol. The number of carbonyl (C=O) groups excluding carboxylic acids is 1. The number of hydrogen-bond acceptors (Lipinski definition) is 5. The Morgan fingerprint density at radius 3 is 3.00 bits per heavy atom. The molecule has 96 valence electrons. The fourth-order valence-corrected chi connectivity index (χ4v) is 2.12. The largest absolute Gasteiger partial charge is 0.347 e. The summed E-state index contributed by atoms with van der Waals surface area (Å²) in [5.41, 5.74) is 5.60. The molecule has 0 radical (unpaired) electrons. The van der Waals surface area contributed by atoms with Crippen LogP contribution in [-0.2, 0) is 17.3 Å². The fraction of sp³-hybridized carbons (Fsp3) is 0.667. The van der Waals surface area contributed by atoms with Gasteiger partial charge in [0.2, 0.25) is 0 Å². The van der Waals surface area contributed by atoms with Crippen molar-refractivity contribution in [1.82, 2.24) is 20.3 Å². The molecule has 1 rings (SSSR count). The Balaban J connectivity index is 2.54. The molecule has 1 amide bonds. The van der Waals surface area contributed by atoms with Gasteiger partial charge >= 0.3 is 0 Å². The molecule has 8 heteroatoms. The van der Waals surface area contributed by atoms with Crippen molar-refractivity contribution >= 4 is 16.7 Å². The molecule has 2 unspecified atom stereocenters. The molecule has 1 aromatic rings. The number of aromatic nitrogens is 3. The highest BCUT2D eigenvalue weighted by Gasteiger charge is 2.14. The molecule has 0 aliphatic heterocycles. The van der Waals surface area contributed by atoms with E-state index in [4.69, 9.17) is 5.73 Å². The maximum absolute atomic E-state index is 11.7. The van der Waals surface area contributed by atoms with Crippen LogP contribution in [0.2, 0.25) is 0 Å². The zero-order chi connectivity index (χ0) is 12.8. The van der Waals surface area contributed by atoms with Gasteiger partial charge in [-0.05, 0) is 6.92 Å². The summed E-state index contributed by atoms with van der Waals surface area (Å²) in [6, 6.07) is -0.159.